The number of hydrogen-bond donors (Lipinski definition) is 2. The number of thioether (sulfide) groups is 1. The van der Waals surface area contributed by atoms with Gasteiger partial charge in [-0.25, -0.2) is 4.79 Å². The number of aliphatic carboxylic acids is 1. The molecule has 3 aliphatic rings. The van der Waals surface area contributed by atoms with Gasteiger partial charge in [0.2, 0.25) is 11.8 Å². The van der Waals surface area contributed by atoms with Crippen molar-refractivity contribution < 1.29 is 24.2 Å². The predicted octanol–water partition coefficient (Wildman–Crippen LogP) is 4.78. The van der Waals surface area contributed by atoms with Crippen LogP contribution in [0.1, 0.15) is 64.0 Å². The Morgan fingerprint density at radius 2 is 1.85 bits per heavy atom. The SMILES string of the molecule is CCCCOc1ccc([C@]2(C(=O)N[C@@H]3C(=O)N4[C@@H]3SC(C)(C)[C@@H]4C(=O)O)CCC[C@@H]2Cc2ccccc2)cc1. The van der Waals surface area contributed by atoms with E-state index in [0.717, 1.165) is 43.4 Å². The summed E-state index contributed by atoms with van der Waals surface area (Å²) in [5.41, 5.74) is 1.33. The fourth-order valence-corrected chi connectivity index (χ4v) is 8.29. The van der Waals surface area contributed by atoms with Crippen molar-refractivity contribution >= 4 is 29.5 Å². The zero-order valence-corrected chi connectivity index (χ0v) is 23.7. The molecule has 7 nitrogen and oxygen atoms in total. The maximum Gasteiger partial charge on any atom is 0.327 e. The molecule has 2 aliphatic heterocycles. The first kappa shape index (κ1) is 27.6. The molecule has 5 rings (SSSR count). The van der Waals surface area contributed by atoms with Crippen molar-refractivity contribution in [3.05, 3.63) is 65.7 Å². The number of benzene rings is 2. The van der Waals surface area contributed by atoms with Crippen LogP contribution in [0.2, 0.25) is 0 Å². The summed E-state index contributed by atoms with van der Waals surface area (Å²) in [6.45, 7) is 6.48. The van der Waals surface area contributed by atoms with Gasteiger partial charge in [0.25, 0.3) is 0 Å². The molecule has 2 heterocycles. The number of ether oxygens (including phenoxy) is 1. The van der Waals surface area contributed by atoms with Gasteiger partial charge in [0, 0.05) is 4.75 Å². The summed E-state index contributed by atoms with van der Waals surface area (Å²) in [7, 11) is 0. The summed E-state index contributed by atoms with van der Waals surface area (Å²) in [6.07, 6.45) is 5.32. The lowest BCUT2D eigenvalue weighted by Gasteiger charge is -2.45. The minimum absolute atomic E-state index is 0.0671. The van der Waals surface area contributed by atoms with Gasteiger partial charge >= 0.3 is 5.97 Å². The number of unbranched alkanes of at least 4 members (excludes halogenated alkanes) is 1. The summed E-state index contributed by atoms with van der Waals surface area (Å²) < 4.78 is 5.24. The molecule has 2 saturated heterocycles. The molecule has 39 heavy (non-hydrogen) atoms. The first-order chi connectivity index (χ1) is 18.7. The molecule has 5 atom stereocenters. The molecule has 0 unspecified atom stereocenters. The van der Waals surface area contributed by atoms with Gasteiger partial charge < -0.3 is 20.1 Å². The average molecular weight is 551 g/mol. The smallest absolute Gasteiger partial charge is 0.327 e. The van der Waals surface area contributed by atoms with E-state index in [1.54, 1.807) is 0 Å². The van der Waals surface area contributed by atoms with Crippen molar-refractivity contribution in [1.82, 2.24) is 10.2 Å². The second kappa shape index (κ2) is 10.9. The van der Waals surface area contributed by atoms with Crippen LogP contribution >= 0.6 is 11.8 Å². The molecule has 1 saturated carbocycles. The molecule has 1 aliphatic carbocycles. The second-order valence-corrected chi connectivity index (χ2v) is 13.3. The fraction of sp³-hybridized carbons (Fsp3) is 0.516. The lowest BCUT2D eigenvalue weighted by Crippen LogP contribution is -2.72. The highest BCUT2D eigenvalue weighted by Crippen LogP contribution is 2.52. The highest BCUT2D eigenvalue weighted by atomic mass is 32.2. The van der Waals surface area contributed by atoms with E-state index in [2.05, 4.69) is 24.4 Å². The monoisotopic (exact) mass is 550 g/mol. The number of β-lactam (4-membered cyclic amide) rings is 1. The van der Waals surface area contributed by atoms with Crippen LogP contribution < -0.4 is 10.1 Å². The molecule has 0 radical (unpaired) electrons. The summed E-state index contributed by atoms with van der Waals surface area (Å²) >= 11 is 1.45. The van der Waals surface area contributed by atoms with Gasteiger partial charge in [-0.1, -0.05) is 62.2 Å². The molecule has 0 spiro atoms. The van der Waals surface area contributed by atoms with E-state index in [0.29, 0.717) is 13.0 Å². The first-order valence-electron chi connectivity index (χ1n) is 14.0. The molecule has 2 aromatic rings. The van der Waals surface area contributed by atoms with Crippen LogP contribution in [0.4, 0.5) is 0 Å². The van der Waals surface area contributed by atoms with E-state index in [9.17, 15) is 19.5 Å². The Morgan fingerprint density at radius 3 is 2.51 bits per heavy atom. The molecule has 208 valence electrons. The summed E-state index contributed by atoms with van der Waals surface area (Å²) in [5, 5.41) is 12.5. The maximum absolute atomic E-state index is 14.3. The van der Waals surface area contributed by atoms with Gasteiger partial charge in [-0.05, 0) is 68.7 Å². The Kier molecular flexibility index (Phi) is 7.68. The topological polar surface area (TPSA) is 95.9 Å². The number of rotatable bonds is 10. The molecule has 8 heteroatoms. The van der Waals surface area contributed by atoms with Crippen LogP contribution in [0, 0.1) is 5.92 Å². The second-order valence-electron chi connectivity index (χ2n) is 11.5. The van der Waals surface area contributed by atoms with E-state index < -0.39 is 28.2 Å². The normalized spacial score (nSPS) is 29.0. The summed E-state index contributed by atoms with van der Waals surface area (Å²) in [6, 6.07) is 16.5. The van der Waals surface area contributed by atoms with Crippen molar-refractivity contribution in [1.29, 1.82) is 0 Å². The first-order valence-corrected chi connectivity index (χ1v) is 14.9. The van der Waals surface area contributed by atoms with Gasteiger partial charge in [-0.3, -0.25) is 9.59 Å². The van der Waals surface area contributed by atoms with Crippen LogP contribution in [0.25, 0.3) is 0 Å². The number of carbonyl (C=O) groups is 3. The third-order valence-electron chi connectivity index (χ3n) is 8.65. The fourth-order valence-electron chi connectivity index (χ4n) is 6.66. The maximum atomic E-state index is 14.3. The number of nitrogens with one attached hydrogen (secondary N) is 1. The number of hydrogen-bond acceptors (Lipinski definition) is 5. The van der Waals surface area contributed by atoms with Crippen LogP contribution in [-0.2, 0) is 26.2 Å². The van der Waals surface area contributed by atoms with Crippen molar-refractivity contribution in [2.24, 2.45) is 5.92 Å². The van der Waals surface area contributed by atoms with Crippen molar-refractivity contribution in [3.63, 3.8) is 0 Å². The molecule has 2 amide bonds. The lowest BCUT2D eigenvalue weighted by atomic mass is 9.69. The third-order valence-corrected chi connectivity index (χ3v) is 10.2. The van der Waals surface area contributed by atoms with Crippen LogP contribution in [0.3, 0.4) is 0 Å². The van der Waals surface area contributed by atoms with E-state index in [1.165, 1.54) is 22.2 Å². The Labute approximate surface area is 234 Å². The number of nitrogens with zero attached hydrogens (tertiary/aromatic N) is 1. The Morgan fingerprint density at radius 1 is 1.13 bits per heavy atom. The van der Waals surface area contributed by atoms with Crippen LogP contribution in [0.5, 0.6) is 5.75 Å². The van der Waals surface area contributed by atoms with Gasteiger partial charge in [-0.15, -0.1) is 11.8 Å². The molecule has 0 bridgehead atoms. The van der Waals surface area contributed by atoms with Gasteiger partial charge in [0.1, 0.15) is 23.2 Å². The van der Waals surface area contributed by atoms with Crippen LogP contribution in [-0.4, -0.2) is 56.6 Å². The molecular formula is C31H38N2O5S. The van der Waals surface area contributed by atoms with Crippen molar-refractivity contribution in [2.45, 2.75) is 86.9 Å². The zero-order valence-electron chi connectivity index (χ0n) is 22.9. The van der Waals surface area contributed by atoms with E-state index in [1.807, 2.05) is 56.3 Å². The van der Waals surface area contributed by atoms with Gasteiger partial charge in [-0.2, -0.15) is 0 Å². The average Bonchev–Trinajstić information content (AvgIpc) is 3.45. The number of carbonyl (C=O) groups excluding carboxylic acids is 2. The minimum atomic E-state index is -1.01. The third kappa shape index (κ3) is 4.92. The van der Waals surface area contributed by atoms with Crippen molar-refractivity contribution in [2.75, 3.05) is 6.61 Å². The summed E-state index contributed by atoms with van der Waals surface area (Å²) in [4.78, 5) is 40.9. The predicted molar refractivity (Wildman–Crippen MR) is 152 cm³/mol. The molecular weight excluding hydrogens is 512 g/mol. The Balaban J connectivity index is 1.43. The highest BCUT2D eigenvalue weighted by Gasteiger charge is 2.65. The summed E-state index contributed by atoms with van der Waals surface area (Å²) in [5.74, 6) is -0.612. The number of carboxylic acid groups (broad SMARTS) is 1. The van der Waals surface area contributed by atoms with Gasteiger partial charge in [0.05, 0.1) is 12.0 Å². The lowest BCUT2D eigenvalue weighted by molar-refractivity contribution is -0.161. The van der Waals surface area contributed by atoms with Crippen LogP contribution in [0.15, 0.2) is 54.6 Å². The van der Waals surface area contributed by atoms with E-state index in [-0.39, 0.29) is 23.1 Å². The van der Waals surface area contributed by atoms with E-state index in [4.69, 9.17) is 4.74 Å². The zero-order chi connectivity index (χ0) is 27.8. The molecule has 2 aromatic carbocycles. The number of fused-ring (bicyclic) bond motifs is 1. The highest BCUT2D eigenvalue weighted by molar-refractivity contribution is 8.01. The quantitative estimate of drug-likeness (QED) is 0.327. The largest absolute Gasteiger partial charge is 0.494 e. The molecule has 3 fully saturated rings. The Bertz CT molecular complexity index is 1220. The molecule has 0 aromatic heterocycles. The van der Waals surface area contributed by atoms with Gasteiger partial charge in [0.15, 0.2) is 0 Å². The Hall–Kier alpha value is -3.00. The molecule has 2 N–H and O–H groups in total. The number of amides is 2. The minimum Gasteiger partial charge on any atom is -0.494 e. The number of carboxylic acids is 1. The van der Waals surface area contributed by atoms with E-state index >= 15 is 0 Å². The van der Waals surface area contributed by atoms with Crippen molar-refractivity contribution in [3.8, 4) is 5.75 Å². The standard InChI is InChI=1S/C31H38N2O5S/c1-4-5-18-38-23-15-13-21(14-16-23)31(17-9-12-22(31)19-20-10-7-6-8-11-20)29(37)32-24-26(34)33-25(28(35)36)30(2,3)39-27(24)33/h6-8,10-11,13-16,22,24-25,27H,4-5,9,12,17-19H2,1-3H3,(H,32,37)(H,35,36)/t22-,24-,25+,27-,31-/m1/s1.